The van der Waals surface area contributed by atoms with E-state index in [9.17, 15) is 19.5 Å². The van der Waals surface area contributed by atoms with E-state index in [2.05, 4.69) is 26.6 Å². The van der Waals surface area contributed by atoms with Crippen LogP contribution in [0.15, 0.2) is 87.6 Å². The van der Waals surface area contributed by atoms with Gasteiger partial charge in [0.15, 0.2) is 10.4 Å². The number of carbonyl (C=O) groups is 3. The van der Waals surface area contributed by atoms with Crippen LogP contribution in [0.1, 0.15) is 21.7 Å². The van der Waals surface area contributed by atoms with Crippen LogP contribution < -0.4 is 10.6 Å². The SMILES string of the molecule is O=C(N[C@@H](Cc1ccccc1)C(=O)O)/C(=C/c1ccccc1)NC(=O)c1ccc(Br)o1. The predicted molar refractivity (Wildman–Crippen MR) is 118 cm³/mol. The van der Waals surface area contributed by atoms with Crippen molar-refractivity contribution in [1.82, 2.24) is 10.6 Å². The molecule has 0 saturated heterocycles. The summed E-state index contributed by atoms with van der Waals surface area (Å²) in [5, 5.41) is 14.6. The molecule has 0 spiro atoms. The first-order valence-corrected chi connectivity index (χ1v) is 10.1. The molecule has 0 bridgehead atoms. The molecule has 0 fully saturated rings. The van der Waals surface area contributed by atoms with Crippen molar-refractivity contribution in [3.63, 3.8) is 0 Å². The van der Waals surface area contributed by atoms with Crippen LogP contribution in [-0.2, 0) is 16.0 Å². The van der Waals surface area contributed by atoms with Crippen LogP contribution in [-0.4, -0.2) is 28.9 Å². The molecule has 2 aromatic carbocycles. The van der Waals surface area contributed by atoms with Gasteiger partial charge in [0.25, 0.3) is 11.8 Å². The zero-order chi connectivity index (χ0) is 22.2. The minimum Gasteiger partial charge on any atom is -0.480 e. The number of furan rings is 1. The van der Waals surface area contributed by atoms with Crippen molar-refractivity contribution in [3.05, 3.63) is 100 Å². The number of hydrogen-bond acceptors (Lipinski definition) is 4. The van der Waals surface area contributed by atoms with E-state index in [4.69, 9.17) is 4.42 Å². The number of carbonyl (C=O) groups excluding carboxylic acids is 2. The smallest absolute Gasteiger partial charge is 0.326 e. The third-order valence-corrected chi connectivity index (χ3v) is 4.71. The Hall–Kier alpha value is -3.65. The van der Waals surface area contributed by atoms with Gasteiger partial charge >= 0.3 is 5.97 Å². The van der Waals surface area contributed by atoms with E-state index in [1.807, 2.05) is 12.1 Å². The number of carboxylic acid groups (broad SMARTS) is 1. The Morgan fingerprint density at radius 3 is 2.19 bits per heavy atom. The minimum absolute atomic E-state index is 0.00212. The summed E-state index contributed by atoms with van der Waals surface area (Å²) >= 11 is 3.12. The average Bonchev–Trinajstić information content (AvgIpc) is 3.20. The number of benzene rings is 2. The van der Waals surface area contributed by atoms with Crippen molar-refractivity contribution in [2.45, 2.75) is 12.5 Å². The van der Waals surface area contributed by atoms with Gasteiger partial charge in [0, 0.05) is 6.42 Å². The van der Waals surface area contributed by atoms with E-state index in [-0.39, 0.29) is 17.9 Å². The molecule has 8 heteroatoms. The summed E-state index contributed by atoms with van der Waals surface area (Å²) in [5.41, 5.74) is 1.31. The molecule has 2 amide bonds. The van der Waals surface area contributed by atoms with Crippen molar-refractivity contribution < 1.29 is 23.9 Å². The molecule has 0 aliphatic rings. The Labute approximate surface area is 186 Å². The number of carboxylic acids is 1. The fraction of sp³-hybridized carbons (Fsp3) is 0.0870. The molecule has 0 aliphatic heterocycles. The second kappa shape index (κ2) is 10.4. The van der Waals surface area contributed by atoms with Crippen LogP contribution in [0.25, 0.3) is 6.08 Å². The van der Waals surface area contributed by atoms with Crippen LogP contribution in [0.3, 0.4) is 0 Å². The molecule has 3 aromatic rings. The van der Waals surface area contributed by atoms with Gasteiger partial charge in [-0.05, 0) is 45.3 Å². The molecule has 0 saturated carbocycles. The van der Waals surface area contributed by atoms with Crippen molar-refractivity contribution in [1.29, 1.82) is 0 Å². The summed E-state index contributed by atoms with van der Waals surface area (Å²) in [6.07, 6.45) is 1.56. The zero-order valence-electron chi connectivity index (χ0n) is 16.2. The largest absolute Gasteiger partial charge is 0.480 e. The molecule has 0 radical (unpaired) electrons. The fourth-order valence-corrected chi connectivity index (χ4v) is 3.09. The lowest BCUT2D eigenvalue weighted by atomic mass is 10.1. The third kappa shape index (κ3) is 6.42. The van der Waals surface area contributed by atoms with Gasteiger partial charge in [0.05, 0.1) is 0 Å². The van der Waals surface area contributed by atoms with E-state index in [1.165, 1.54) is 12.1 Å². The van der Waals surface area contributed by atoms with Crippen LogP contribution in [0.4, 0.5) is 0 Å². The Morgan fingerprint density at radius 2 is 1.61 bits per heavy atom. The number of hydrogen-bond donors (Lipinski definition) is 3. The molecular weight excluding hydrogens is 464 g/mol. The average molecular weight is 483 g/mol. The predicted octanol–water partition coefficient (Wildman–Crippen LogP) is 3.63. The summed E-state index contributed by atoms with van der Waals surface area (Å²) in [7, 11) is 0. The van der Waals surface area contributed by atoms with Crippen molar-refractivity contribution >= 4 is 39.8 Å². The van der Waals surface area contributed by atoms with Gasteiger partial charge in [-0.2, -0.15) is 0 Å². The van der Waals surface area contributed by atoms with E-state index in [0.29, 0.717) is 10.2 Å². The van der Waals surface area contributed by atoms with Gasteiger partial charge in [-0.15, -0.1) is 0 Å². The van der Waals surface area contributed by atoms with E-state index in [1.54, 1.807) is 54.6 Å². The first kappa shape index (κ1) is 22.0. The minimum atomic E-state index is -1.18. The Balaban J connectivity index is 1.83. The van der Waals surface area contributed by atoms with Gasteiger partial charge in [-0.3, -0.25) is 9.59 Å². The standard InChI is InChI=1S/C23H19BrN2O5/c24-20-12-11-19(31-20)22(28)25-17(13-15-7-3-1-4-8-15)21(27)26-18(23(29)30)14-16-9-5-2-6-10-16/h1-13,18H,14H2,(H,25,28)(H,26,27)(H,29,30)/b17-13-/t18-/m0/s1. The van der Waals surface area contributed by atoms with Crippen LogP contribution in [0.5, 0.6) is 0 Å². The molecule has 1 heterocycles. The quantitative estimate of drug-likeness (QED) is 0.424. The highest BCUT2D eigenvalue weighted by Crippen LogP contribution is 2.15. The molecule has 1 atom stereocenters. The molecule has 3 N–H and O–H groups in total. The third-order valence-electron chi connectivity index (χ3n) is 4.29. The second-order valence-corrected chi connectivity index (χ2v) is 7.36. The van der Waals surface area contributed by atoms with E-state index < -0.39 is 23.8 Å². The van der Waals surface area contributed by atoms with Gasteiger partial charge in [0.1, 0.15) is 11.7 Å². The lowest BCUT2D eigenvalue weighted by molar-refractivity contribution is -0.141. The Bertz CT molecular complexity index is 1090. The van der Waals surface area contributed by atoms with Crippen molar-refractivity contribution in [2.24, 2.45) is 0 Å². The number of rotatable bonds is 8. The summed E-state index contributed by atoms with van der Waals surface area (Å²) < 4.78 is 5.59. The monoisotopic (exact) mass is 482 g/mol. The molecule has 1 aromatic heterocycles. The fourth-order valence-electron chi connectivity index (χ4n) is 2.78. The molecule has 0 aliphatic carbocycles. The Kier molecular flexibility index (Phi) is 7.40. The first-order valence-electron chi connectivity index (χ1n) is 9.33. The highest BCUT2D eigenvalue weighted by Gasteiger charge is 2.24. The van der Waals surface area contributed by atoms with Crippen LogP contribution in [0.2, 0.25) is 0 Å². The lowest BCUT2D eigenvalue weighted by Gasteiger charge is -2.16. The summed E-state index contributed by atoms with van der Waals surface area (Å²) in [6, 6.07) is 19.7. The molecule has 31 heavy (non-hydrogen) atoms. The molecule has 0 unspecified atom stereocenters. The number of aliphatic carboxylic acids is 1. The normalized spacial score (nSPS) is 12.1. The highest BCUT2D eigenvalue weighted by molar-refractivity contribution is 9.10. The summed E-state index contributed by atoms with van der Waals surface area (Å²) in [5.74, 6) is -2.56. The van der Waals surface area contributed by atoms with Gasteiger partial charge in [0.2, 0.25) is 0 Å². The molecular formula is C23H19BrN2O5. The topological polar surface area (TPSA) is 109 Å². The maximum Gasteiger partial charge on any atom is 0.326 e. The lowest BCUT2D eigenvalue weighted by Crippen LogP contribution is -2.45. The summed E-state index contributed by atoms with van der Waals surface area (Å²) in [4.78, 5) is 37.2. The zero-order valence-corrected chi connectivity index (χ0v) is 17.8. The van der Waals surface area contributed by atoms with Gasteiger partial charge in [-0.1, -0.05) is 60.7 Å². The van der Waals surface area contributed by atoms with E-state index in [0.717, 1.165) is 5.56 Å². The van der Waals surface area contributed by atoms with Crippen molar-refractivity contribution in [3.8, 4) is 0 Å². The molecule has 158 valence electrons. The second-order valence-electron chi connectivity index (χ2n) is 6.58. The van der Waals surface area contributed by atoms with Gasteiger partial charge in [-0.25, -0.2) is 4.79 Å². The molecule has 3 rings (SSSR count). The van der Waals surface area contributed by atoms with Gasteiger partial charge < -0.3 is 20.2 Å². The number of amides is 2. The maximum atomic E-state index is 12.9. The maximum absolute atomic E-state index is 12.9. The van der Waals surface area contributed by atoms with Crippen molar-refractivity contribution in [2.75, 3.05) is 0 Å². The van der Waals surface area contributed by atoms with E-state index >= 15 is 0 Å². The Morgan fingerprint density at radius 1 is 0.968 bits per heavy atom. The van der Waals surface area contributed by atoms with Crippen LogP contribution >= 0.6 is 15.9 Å². The first-order chi connectivity index (χ1) is 14.9. The summed E-state index contributed by atoms with van der Waals surface area (Å²) in [6.45, 7) is 0. The number of nitrogens with one attached hydrogen (secondary N) is 2. The molecule has 7 nitrogen and oxygen atoms in total. The number of halogens is 1. The van der Waals surface area contributed by atoms with Crippen LogP contribution in [0, 0.1) is 0 Å². The highest BCUT2D eigenvalue weighted by atomic mass is 79.9.